The largest absolute Gasteiger partial charge is 0.0622 e. The van der Waals surface area contributed by atoms with E-state index in [0.29, 0.717) is 16.7 Å². The van der Waals surface area contributed by atoms with Crippen LogP contribution in [0.25, 0.3) is 0 Å². The molecule has 0 aliphatic rings. The summed E-state index contributed by atoms with van der Waals surface area (Å²) < 4.78 is 0. The molecule has 0 aromatic heterocycles. The molecule has 0 spiro atoms. The average molecular weight is 269 g/mol. The van der Waals surface area contributed by atoms with Gasteiger partial charge in [0.05, 0.1) is 0 Å². The highest BCUT2D eigenvalue weighted by molar-refractivity contribution is 5.06. The third-order valence-corrected chi connectivity index (χ3v) is 8.05. The van der Waals surface area contributed by atoms with Gasteiger partial charge in [-0.3, -0.25) is 0 Å². The van der Waals surface area contributed by atoms with E-state index in [1.54, 1.807) is 0 Å². The quantitative estimate of drug-likeness (QED) is 0.526. The first-order valence-corrected chi connectivity index (χ1v) is 7.94. The SMILES string of the molecule is CC(C)C(C)(C)C(C)(C)C(C)(C)C(C)(C)C(C)(C)C. The summed E-state index contributed by atoms with van der Waals surface area (Å²) in [5.41, 5.74) is 1.35. The summed E-state index contributed by atoms with van der Waals surface area (Å²) in [5, 5.41) is 0. The Kier molecular flexibility index (Phi) is 4.78. The summed E-state index contributed by atoms with van der Waals surface area (Å²) in [4.78, 5) is 0. The molecule has 0 aliphatic heterocycles. The molecule has 0 radical (unpaired) electrons. The maximum absolute atomic E-state index is 2.47. The molecule has 0 atom stereocenters. The zero-order valence-corrected chi connectivity index (χ0v) is 16.1. The van der Waals surface area contributed by atoms with E-state index >= 15 is 0 Å². The van der Waals surface area contributed by atoms with Gasteiger partial charge in [0.1, 0.15) is 0 Å². The lowest BCUT2D eigenvalue weighted by atomic mass is 9.41. The molecule has 0 amide bonds. The molecule has 116 valence electrons. The predicted octanol–water partition coefficient (Wildman–Crippen LogP) is 6.79. The van der Waals surface area contributed by atoms with Gasteiger partial charge in [0.15, 0.2) is 0 Å². The van der Waals surface area contributed by atoms with Crippen LogP contribution in [0.3, 0.4) is 0 Å². The molecule has 0 unspecified atom stereocenters. The first-order chi connectivity index (χ1) is 7.94. The van der Waals surface area contributed by atoms with Crippen LogP contribution in [0.1, 0.15) is 90.0 Å². The molecule has 0 nitrogen and oxygen atoms in total. The van der Waals surface area contributed by atoms with Gasteiger partial charge in [-0.1, -0.05) is 90.0 Å². The Bertz CT molecular complexity index is 305. The molecular formula is C19H40. The lowest BCUT2D eigenvalue weighted by Gasteiger charge is -2.63. The van der Waals surface area contributed by atoms with Gasteiger partial charge in [-0.25, -0.2) is 0 Å². The topological polar surface area (TPSA) is 0 Å². The van der Waals surface area contributed by atoms with Gasteiger partial charge in [0, 0.05) is 0 Å². The van der Waals surface area contributed by atoms with Gasteiger partial charge in [-0.05, 0) is 33.0 Å². The zero-order valence-electron chi connectivity index (χ0n) is 16.1. The van der Waals surface area contributed by atoms with Gasteiger partial charge in [-0.15, -0.1) is 0 Å². The Labute approximate surface area is 123 Å². The molecule has 0 fully saturated rings. The second-order valence-corrected chi connectivity index (χ2v) is 10.0. The van der Waals surface area contributed by atoms with Crippen molar-refractivity contribution >= 4 is 0 Å². The van der Waals surface area contributed by atoms with E-state index < -0.39 is 0 Å². The third kappa shape index (κ3) is 2.61. The fourth-order valence-electron chi connectivity index (χ4n) is 3.25. The van der Waals surface area contributed by atoms with Gasteiger partial charge >= 0.3 is 0 Å². The van der Waals surface area contributed by atoms with Gasteiger partial charge in [0.25, 0.3) is 0 Å². The van der Waals surface area contributed by atoms with Crippen molar-refractivity contribution in [1.29, 1.82) is 0 Å². The Hall–Kier alpha value is 0. The molecule has 19 heavy (non-hydrogen) atoms. The number of hydrogen-bond acceptors (Lipinski definition) is 0. The van der Waals surface area contributed by atoms with Crippen LogP contribution in [0.4, 0.5) is 0 Å². The van der Waals surface area contributed by atoms with Crippen molar-refractivity contribution < 1.29 is 0 Å². The average Bonchev–Trinajstić information content (AvgIpc) is 2.14. The van der Waals surface area contributed by atoms with Crippen LogP contribution in [0.5, 0.6) is 0 Å². The van der Waals surface area contributed by atoms with Gasteiger partial charge in [-0.2, -0.15) is 0 Å². The molecule has 0 aliphatic carbocycles. The maximum Gasteiger partial charge on any atom is -0.0242 e. The van der Waals surface area contributed by atoms with Crippen LogP contribution >= 0.6 is 0 Å². The van der Waals surface area contributed by atoms with Crippen LogP contribution in [-0.2, 0) is 0 Å². The lowest BCUT2D eigenvalue weighted by Crippen LogP contribution is -2.56. The van der Waals surface area contributed by atoms with E-state index in [9.17, 15) is 0 Å². The van der Waals surface area contributed by atoms with Crippen LogP contribution in [0, 0.1) is 33.0 Å². The van der Waals surface area contributed by atoms with E-state index in [4.69, 9.17) is 0 Å². The Balaban J connectivity index is 5.92. The van der Waals surface area contributed by atoms with Crippen LogP contribution in [-0.4, -0.2) is 0 Å². The first kappa shape index (κ1) is 19.0. The highest BCUT2D eigenvalue weighted by Gasteiger charge is 2.58. The predicted molar refractivity (Wildman–Crippen MR) is 89.4 cm³/mol. The van der Waals surface area contributed by atoms with E-state index in [-0.39, 0.29) is 16.2 Å². The fraction of sp³-hybridized carbons (Fsp3) is 1.00. The highest BCUT2D eigenvalue weighted by Crippen LogP contribution is 2.65. The lowest BCUT2D eigenvalue weighted by molar-refractivity contribution is -0.149. The molecule has 0 bridgehead atoms. The van der Waals surface area contributed by atoms with Crippen molar-refractivity contribution in [3.63, 3.8) is 0 Å². The van der Waals surface area contributed by atoms with E-state index in [0.717, 1.165) is 0 Å². The van der Waals surface area contributed by atoms with Gasteiger partial charge < -0.3 is 0 Å². The van der Waals surface area contributed by atoms with Crippen LogP contribution in [0.2, 0.25) is 0 Å². The Morgan fingerprint density at radius 3 is 1.00 bits per heavy atom. The monoisotopic (exact) mass is 268 g/mol. The zero-order chi connectivity index (χ0) is 16.1. The maximum atomic E-state index is 2.47. The molecule has 0 aromatic rings. The van der Waals surface area contributed by atoms with E-state index in [1.807, 2.05) is 0 Å². The fourth-order valence-corrected chi connectivity index (χ4v) is 3.25. The summed E-state index contributed by atoms with van der Waals surface area (Å²) in [6.07, 6.45) is 0. The van der Waals surface area contributed by atoms with Crippen molar-refractivity contribution in [3.05, 3.63) is 0 Å². The standard InChI is InChI=1S/C19H40/c1-14(2)16(6,7)18(10,11)19(12,13)17(8,9)15(3,4)5/h14H,1-13H3. The third-order valence-electron chi connectivity index (χ3n) is 8.05. The molecule has 0 aromatic carbocycles. The molecule has 0 heteroatoms. The first-order valence-electron chi connectivity index (χ1n) is 7.94. The minimum Gasteiger partial charge on any atom is -0.0622 e. The second-order valence-electron chi connectivity index (χ2n) is 10.0. The van der Waals surface area contributed by atoms with E-state index in [2.05, 4.69) is 90.0 Å². The Morgan fingerprint density at radius 2 is 0.789 bits per heavy atom. The molecule has 0 N–H and O–H groups in total. The number of rotatable bonds is 4. The molecule has 0 saturated carbocycles. The van der Waals surface area contributed by atoms with Crippen molar-refractivity contribution in [2.75, 3.05) is 0 Å². The molecule has 0 heterocycles. The Morgan fingerprint density at radius 1 is 0.474 bits per heavy atom. The van der Waals surface area contributed by atoms with Crippen molar-refractivity contribution in [3.8, 4) is 0 Å². The van der Waals surface area contributed by atoms with Gasteiger partial charge in [0.2, 0.25) is 0 Å². The smallest absolute Gasteiger partial charge is 0.0242 e. The summed E-state index contributed by atoms with van der Waals surface area (Å²) in [7, 11) is 0. The van der Waals surface area contributed by atoms with Crippen LogP contribution < -0.4 is 0 Å². The second kappa shape index (κ2) is 4.78. The van der Waals surface area contributed by atoms with E-state index in [1.165, 1.54) is 0 Å². The normalized spacial score (nSPS) is 16.1. The summed E-state index contributed by atoms with van der Waals surface area (Å²) in [6.45, 7) is 31.6. The van der Waals surface area contributed by atoms with Crippen molar-refractivity contribution in [2.45, 2.75) is 90.0 Å². The summed E-state index contributed by atoms with van der Waals surface area (Å²) in [6, 6.07) is 0. The van der Waals surface area contributed by atoms with Crippen molar-refractivity contribution in [1.82, 2.24) is 0 Å². The van der Waals surface area contributed by atoms with Crippen molar-refractivity contribution in [2.24, 2.45) is 33.0 Å². The minimum absolute atomic E-state index is 0.242. The summed E-state index contributed by atoms with van der Waals surface area (Å²) >= 11 is 0. The molecule has 0 saturated heterocycles. The summed E-state index contributed by atoms with van der Waals surface area (Å²) in [5.74, 6) is 0.678. The molecule has 0 rings (SSSR count). The van der Waals surface area contributed by atoms with Crippen LogP contribution in [0.15, 0.2) is 0 Å². The molecular weight excluding hydrogens is 228 g/mol. The number of hydrogen-bond donors (Lipinski definition) is 0. The highest BCUT2D eigenvalue weighted by atomic mass is 14.6. The minimum atomic E-state index is 0.242.